The van der Waals surface area contributed by atoms with Crippen LogP contribution in [0.1, 0.15) is 57.5 Å². The zero-order valence-corrected chi connectivity index (χ0v) is 17.7. The first-order chi connectivity index (χ1) is 14.9. The molecule has 160 valence electrons. The van der Waals surface area contributed by atoms with Crippen LogP contribution in [0.3, 0.4) is 0 Å². The van der Waals surface area contributed by atoms with Gasteiger partial charge in [0.1, 0.15) is 0 Å². The van der Waals surface area contributed by atoms with Crippen LogP contribution in [0.25, 0.3) is 0 Å². The van der Waals surface area contributed by atoms with Gasteiger partial charge in [-0.1, -0.05) is 25.0 Å². The molecular weight excluding hydrogens is 394 g/mol. The predicted octanol–water partition coefficient (Wildman–Crippen LogP) is 4.02. The van der Waals surface area contributed by atoms with Crippen molar-refractivity contribution in [3.8, 4) is 0 Å². The first kappa shape index (κ1) is 21.0. The number of rotatable bonds is 5. The second kappa shape index (κ2) is 8.46. The minimum absolute atomic E-state index is 0.149. The minimum atomic E-state index is -0.628. The second-order valence-electron chi connectivity index (χ2n) is 8.35. The first-order valence-electron chi connectivity index (χ1n) is 10.6. The molecule has 1 heterocycles. The lowest BCUT2D eigenvalue weighted by Gasteiger charge is -2.19. The Kier molecular flexibility index (Phi) is 5.72. The Morgan fingerprint density at radius 3 is 2.03 bits per heavy atom. The normalized spacial score (nSPS) is 20.5. The van der Waals surface area contributed by atoms with Crippen molar-refractivity contribution in [1.29, 1.82) is 0 Å². The maximum atomic E-state index is 12.7. The number of Topliss-reactive ketones (excluding diaryl/α,β-unsaturated/α-hetero) is 1. The molecule has 0 unspecified atom stereocenters. The van der Waals surface area contributed by atoms with Crippen LogP contribution in [0, 0.1) is 25.7 Å². The Labute approximate surface area is 181 Å². The van der Waals surface area contributed by atoms with Crippen molar-refractivity contribution < 1.29 is 23.9 Å². The number of anilines is 1. The maximum Gasteiger partial charge on any atom is 0.338 e. The van der Waals surface area contributed by atoms with Gasteiger partial charge in [-0.05, 0) is 68.1 Å². The Hall–Kier alpha value is -3.28. The number of ether oxygens (including phenoxy) is 1. The highest BCUT2D eigenvalue weighted by Crippen LogP contribution is 2.40. The van der Waals surface area contributed by atoms with E-state index in [4.69, 9.17) is 4.74 Å². The van der Waals surface area contributed by atoms with E-state index in [1.54, 1.807) is 24.3 Å². The van der Waals surface area contributed by atoms with Gasteiger partial charge in [-0.15, -0.1) is 0 Å². The number of fused-ring (bicyclic) bond motifs is 1. The van der Waals surface area contributed by atoms with Crippen molar-refractivity contribution in [2.24, 2.45) is 11.8 Å². The van der Waals surface area contributed by atoms with E-state index in [2.05, 4.69) is 0 Å². The Bertz CT molecular complexity index is 1030. The zero-order chi connectivity index (χ0) is 22.1. The quantitative estimate of drug-likeness (QED) is 0.415. The molecule has 0 aromatic heterocycles. The molecule has 0 bridgehead atoms. The Morgan fingerprint density at radius 1 is 0.871 bits per heavy atom. The fraction of sp³-hybridized carbons (Fsp3) is 0.360. The Morgan fingerprint density at radius 2 is 1.45 bits per heavy atom. The lowest BCUT2D eigenvalue weighted by Crippen LogP contribution is -2.30. The lowest BCUT2D eigenvalue weighted by molar-refractivity contribution is -0.122. The standard InChI is InChI=1S/C25H25NO5/c1-15-7-8-18(13-16(15)2)22(27)14-31-25(30)17-9-11-19(12-10-17)26-23(28)20-5-3-4-6-21(20)24(26)29/h7-13,20-21H,3-6,14H2,1-2H3/t20-,21+. The molecule has 1 aliphatic heterocycles. The van der Waals surface area contributed by atoms with Crippen LogP contribution in [-0.2, 0) is 14.3 Å². The molecule has 6 heteroatoms. The summed E-state index contributed by atoms with van der Waals surface area (Å²) in [7, 11) is 0. The highest BCUT2D eigenvalue weighted by molar-refractivity contribution is 6.22. The van der Waals surface area contributed by atoms with E-state index < -0.39 is 5.97 Å². The van der Waals surface area contributed by atoms with Gasteiger partial charge < -0.3 is 4.74 Å². The minimum Gasteiger partial charge on any atom is -0.454 e. The van der Waals surface area contributed by atoms with E-state index in [1.807, 2.05) is 19.9 Å². The van der Waals surface area contributed by atoms with Gasteiger partial charge in [0.15, 0.2) is 12.4 Å². The maximum absolute atomic E-state index is 12.7. The molecule has 4 rings (SSSR count). The molecule has 2 amide bonds. The third-order valence-corrected chi connectivity index (χ3v) is 6.37. The van der Waals surface area contributed by atoms with Gasteiger partial charge in [-0.25, -0.2) is 4.79 Å². The molecule has 6 nitrogen and oxygen atoms in total. The van der Waals surface area contributed by atoms with Gasteiger partial charge >= 0.3 is 5.97 Å². The molecule has 2 atom stereocenters. The van der Waals surface area contributed by atoms with Gasteiger partial charge in [-0.2, -0.15) is 0 Å². The average molecular weight is 419 g/mol. The first-order valence-corrected chi connectivity index (χ1v) is 10.6. The number of ketones is 1. The average Bonchev–Trinajstić information content (AvgIpc) is 3.04. The number of carbonyl (C=O) groups excluding carboxylic acids is 4. The fourth-order valence-electron chi connectivity index (χ4n) is 4.38. The number of imide groups is 1. The fourth-order valence-corrected chi connectivity index (χ4v) is 4.38. The molecule has 1 saturated heterocycles. The van der Waals surface area contributed by atoms with Crippen molar-refractivity contribution >= 4 is 29.3 Å². The van der Waals surface area contributed by atoms with E-state index in [-0.39, 0.29) is 41.6 Å². The van der Waals surface area contributed by atoms with Gasteiger partial charge in [-0.3, -0.25) is 19.3 Å². The molecule has 2 aliphatic rings. The number of amides is 2. The third-order valence-electron chi connectivity index (χ3n) is 6.37. The molecule has 2 aromatic rings. The predicted molar refractivity (Wildman–Crippen MR) is 115 cm³/mol. The SMILES string of the molecule is Cc1ccc(C(=O)COC(=O)c2ccc(N3C(=O)[C@H]4CCCC[C@H]4C3=O)cc2)cc1C. The molecule has 0 N–H and O–H groups in total. The highest BCUT2D eigenvalue weighted by Gasteiger charge is 2.48. The summed E-state index contributed by atoms with van der Waals surface area (Å²) in [6, 6.07) is 11.5. The third kappa shape index (κ3) is 4.02. The van der Waals surface area contributed by atoms with Crippen molar-refractivity contribution in [2.75, 3.05) is 11.5 Å². The number of benzene rings is 2. The number of carbonyl (C=O) groups is 4. The van der Waals surface area contributed by atoms with Gasteiger partial charge in [0.05, 0.1) is 23.1 Å². The summed E-state index contributed by atoms with van der Waals surface area (Å²) < 4.78 is 5.16. The summed E-state index contributed by atoms with van der Waals surface area (Å²) in [5, 5.41) is 0. The van der Waals surface area contributed by atoms with Crippen molar-refractivity contribution in [1.82, 2.24) is 0 Å². The van der Waals surface area contributed by atoms with Gasteiger partial charge in [0.2, 0.25) is 11.8 Å². The molecule has 31 heavy (non-hydrogen) atoms. The van der Waals surface area contributed by atoms with E-state index in [9.17, 15) is 19.2 Å². The number of hydrogen-bond donors (Lipinski definition) is 0. The van der Waals surface area contributed by atoms with Crippen LogP contribution >= 0.6 is 0 Å². The van der Waals surface area contributed by atoms with Gasteiger partial charge in [0, 0.05) is 5.56 Å². The van der Waals surface area contributed by atoms with Crippen LogP contribution in [0.15, 0.2) is 42.5 Å². The Balaban J connectivity index is 1.40. The summed E-state index contributed by atoms with van der Waals surface area (Å²) in [4.78, 5) is 51.3. The monoisotopic (exact) mass is 419 g/mol. The van der Waals surface area contributed by atoms with E-state index in [1.165, 1.54) is 17.0 Å². The highest BCUT2D eigenvalue weighted by atomic mass is 16.5. The topological polar surface area (TPSA) is 80.8 Å². The summed E-state index contributed by atoms with van der Waals surface area (Å²) >= 11 is 0. The molecule has 0 radical (unpaired) electrons. The van der Waals surface area contributed by atoms with E-state index in [0.29, 0.717) is 11.3 Å². The van der Waals surface area contributed by atoms with Gasteiger partial charge in [0.25, 0.3) is 0 Å². The smallest absolute Gasteiger partial charge is 0.338 e. The number of nitrogens with zero attached hydrogens (tertiary/aromatic N) is 1. The van der Waals surface area contributed by atoms with E-state index in [0.717, 1.165) is 36.8 Å². The molecule has 2 fully saturated rings. The lowest BCUT2D eigenvalue weighted by atomic mass is 9.81. The van der Waals surface area contributed by atoms with Crippen molar-refractivity contribution in [3.63, 3.8) is 0 Å². The van der Waals surface area contributed by atoms with E-state index >= 15 is 0 Å². The van der Waals surface area contributed by atoms with Crippen LogP contribution in [-0.4, -0.2) is 30.2 Å². The molecule has 1 aliphatic carbocycles. The van der Waals surface area contributed by atoms with Crippen LogP contribution in [0.2, 0.25) is 0 Å². The number of aryl methyl sites for hydroxylation is 2. The summed E-state index contributed by atoms with van der Waals surface area (Å²) in [6.45, 7) is 3.53. The summed E-state index contributed by atoms with van der Waals surface area (Å²) in [5.41, 5.74) is 3.31. The van der Waals surface area contributed by atoms with Crippen LogP contribution in [0.4, 0.5) is 5.69 Å². The van der Waals surface area contributed by atoms with Crippen LogP contribution in [0.5, 0.6) is 0 Å². The summed E-state index contributed by atoms with van der Waals surface area (Å²) in [5.74, 6) is -1.64. The molecule has 0 spiro atoms. The molecule has 1 saturated carbocycles. The second-order valence-corrected chi connectivity index (χ2v) is 8.35. The number of esters is 1. The largest absolute Gasteiger partial charge is 0.454 e. The number of hydrogen-bond acceptors (Lipinski definition) is 5. The molecule has 2 aromatic carbocycles. The zero-order valence-electron chi connectivity index (χ0n) is 17.7. The van der Waals surface area contributed by atoms with Crippen molar-refractivity contribution in [3.05, 3.63) is 64.7 Å². The van der Waals surface area contributed by atoms with Crippen molar-refractivity contribution in [2.45, 2.75) is 39.5 Å². The summed E-state index contributed by atoms with van der Waals surface area (Å²) in [6.07, 6.45) is 3.45. The molecular formula is C25H25NO5. The van der Waals surface area contributed by atoms with Crippen LogP contribution < -0.4 is 4.90 Å².